The molecule has 0 unspecified atom stereocenters. The van der Waals surface area contributed by atoms with Crippen LogP contribution in [-0.2, 0) is 4.79 Å². The number of fused-ring (bicyclic) bond motifs is 3. The zero-order chi connectivity index (χ0) is 22.1. The summed E-state index contributed by atoms with van der Waals surface area (Å²) in [5.41, 5.74) is 3.40. The Bertz CT molecular complexity index is 1210. The molecule has 0 saturated carbocycles. The molecular formula is C23H25N4O3S+. The van der Waals surface area contributed by atoms with Crippen LogP contribution in [0.15, 0.2) is 52.4 Å². The van der Waals surface area contributed by atoms with Crippen LogP contribution in [0.1, 0.15) is 37.6 Å². The summed E-state index contributed by atoms with van der Waals surface area (Å²) in [6.07, 6.45) is 1.60. The zero-order valence-electron chi connectivity index (χ0n) is 18.0. The molecule has 1 aromatic heterocycles. The van der Waals surface area contributed by atoms with Gasteiger partial charge in [-0.25, -0.2) is 4.90 Å². The Kier molecular flexibility index (Phi) is 5.82. The highest BCUT2D eigenvalue weighted by Crippen LogP contribution is 2.38. The number of nitrogens with zero attached hydrogens (tertiary/aromatic N) is 3. The molecule has 1 aliphatic heterocycles. The second-order valence-electron chi connectivity index (χ2n) is 7.22. The van der Waals surface area contributed by atoms with E-state index in [2.05, 4.69) is 4.98 Å². The standard InChI is InChI=1S/C23H24N4O3S/c1-5-19(28)26-17-10-8-7-9-16(17)20-21(29)24-23(31-4)25-27(20)22(26)15-11-12-18(30-6-2)14(3)13-15/h7-13,22H,5-6H2,1-4H3/p+1/t22-/m0/s1. The molecule has 0 bridgehead atoms. The second kappa shape index (κ2) is 8.55. The van der Waals surface area contributed by atoms with Gasteiger partial charge in [0.05, 0.1) is 17.9 Å². The fourth-order valence-electron chi connectivity index (χ4n) is 3.95. The number of rotatable bonds is 5. The number of hydrogen-bond acceptors (Lipinski definition) is 5. The molecule has 31 heavy (non-hydrogen) atoms. The number of thioether (sulfide) groups is 1. The Hall–Kier alpha value is -3.13. The van der Waals surface area contributed by atoms with Gasteiger partial charge in [-0.1, -0.05) is 30.8 Å². The number of H-pyrrole nitrogens is 1. The van der Waals surface area contributed by atoms with Crippen molar-refractivity contribution in [3.8, 4) is 17.0 Å². The number of nitrogens with one attached hydrogen (secondary N) is 1. The van der Waals surface area contributed by atoms with Crippen LogP contribution >= 0.6 is 11.8 Å². The molecule has 0 aliphatic carbocycles. The van der Waals surface area contributed by atoms with Gasteiger partial charge in [0.1, 0.15) is 5.75 Å². The van der Waals surface area contributed by atoms with Gasteiger partial charge in [-0.05, 0) is 60.7 Å². The topological polar surface area (TPSA) is 79.2 Å². The summed E-state index contributed by atoms with van der Waals surface area (Å²) in [5, 5.41) is 5.19. The lowest BCUT2D eigenvalue weighted by atomic mass is 10.00. The predicted molar refractivity (Wildman–Crippen MR) is 121 cm³/mol. The van der Waals surface area contributed by atoms with Crippen LogP contribution in [0, 0.1) is 6.92 Å². The Morgan fingerprint density at radius 2 is 2.03 bits per heavy atom. The smallest absolute Gasteiger partial charge is 0.325 e. The van der Waals surface area contributed by atoms with Gasteiger partial charge in [-0.2, -0.15) is 0 Å². The number of amides is 1. The van der Waals surface area contributed by atoms with Gasteiger partial charge in [0.2, 0.25) is 11.1 Å². The summed E-state index contributed by atoms with van der Waals surface area (Å²) in [4.78, 5) is 30.9. The molecular weight excluding hydrogens is 412 g/mol. The Labute approximate surface area is 185 Å². The van der Waals surface area contributed by atoms with Crippen molar-refractivity contribution in [1.82, 2.24) is 10.1 Å². The molecule has 2 heterocycles. The Morgan fingerprint density at radius 1 is 1.26 bits per heavy atom. The van der Waals surface area contributed by atoms with Crippen molar-refractivity contribution in [3.63, 3.8) is 0 Å². The average Bonchev–Trinajstić information content (AvgIpc) is 2.78. The molecule has 4 rings (SSSR count). The number of carbonyl (C=O) groups excluding carboxylic acids is 1. The number of aromatic nitrogens is 3. The van der Waals surface area contributed by atoms with E-state index < -0.39 is 6.17 Å². The summed E-state index contributed by atoms with van der Waals surface area (Å²) >= 11 is 1.35. The van der Waals surface area contributed by atoms with Crippen molar-refractivity contribution in [2.45, 2.75) is 38.5 Å². The third-order valence-electron chi connectivity index (χ3n) is 5.32. The normalized spacial score (nSPS) is 14.7. The molecule has 160 valence electrons. The molecule has 0 saturated heterocycles. The van der Waals surface area contributed by atoms with Gasteiger partial charge < -0.3 is 4.74 Å². The Morgan fingerprint density at radius 3 is 2.71 bits per heavy atom. The van der Waals surface area contributed by atoms with Gasteiger partial charge >= 0.3 is 11.3 Å². The van der Waals surface area contributed by atoms with Crippen LogP contribution in [0.3, 0.4) is 0 Å². The summed E-state index contributed by atoms with van der Waals surface area (Å²) in [7, 11) is 0. The largest absolute Gasteiger partial charge is 0.494 e. The van der Waals surface area contributed by atoms with Crippen molar-refractivity contribution in [3.05, 3.63) is 63.9 Å². The minimum Gasteiger partial charge on any atom is -0.494 e. The highest BCUT2D eigenvalue weighted by atomic mass is 32.2. The number of anilines is 1. The molecule has 0 fully saturated rings. The lowest BCUT2D eigenvalue weighted by molar-refractivity contribution is -0.763. The van der Waals surface area contributed by atoms with Gasteiger partial charge in [0.15, 0.2) is 0 Å². The van der Waals surface area contributed by atoms with Crippen LogP contribution in [-0.4, -0.2) is 28.9 Å². The molecule has 1 atom stereocenters. The summed E-state index contributed by atoms with van der Waals surface area (Å²) < 4.78 is 7.37. The molecule has 1 amide bonds. The van der Waals surface area contributed by atoms with Crippen LogP contribution in [0.4, 0.5) is 5.69 Å². The number of aromatic amines is 1. The van der Waals surface area contributed by atoms with Gasteiger partial charge in [-0.3, -0.25) is 14.6 Å². The summed E-state index contributed by atoms with van der Waals surface area (Å²) in [5.74, 6) is 0.750. The van der Waals surface area contributed by atoms with Crippen molar-refractivity contribution >= 4 is 23.4 Å². The second-order valence-corrected chi connectivity index (χ2v) is 8.02. The number of hydrogen-bond donors (Lipinski definition) is 1. The first-order valence-corrected chi connectivity index (χ1v) is 11.5. The van der Waals surface area contributed by atoms with Crippen LogP contribution < -0.4 is 19.9 Å². The fourth-order valence-corrected chi connectivity index (χ4v) is 4.32. The van der Waals surface area contributed by atoms with Crippen molar-refractivity contribution in [1.29, 1.82) is 0 Å². The van der Waals surface area contributed by atoms with Gasteiger partial charge in [0.25, 0.3) is 6.17 Å². The molecule has 8 heteroatoms. The molecule has 0 radical (unpaired) electrons. The van der Waals surface area contributed by atoms with E-state index >= 15 is 0 Å². The van der Waals surface area contributed by atoms with Gasteiger partial charge in [0, 0.05) is 17.1 Å². The summed E-state index contributed by atoms with van der Waals surface area (Å²) in [6, 6.07) is 13.3. The van der Waals surface area contributed by atoms with Crippen molar-refractivity contribution in [2.24, 2.45) is 0 Å². The van der Waals surface area contributed by atoms with E-state index in [1.165, 1.54) is 11.8 Å². The third-order valence-corrected chi connectivity index (χ3v) is 5.89. The first-order valence-electron chi connectivity index (χ1n) is 10.2. The molecule has 1 N–H and O–H groups in total. The molecule has 2 aromatic carbocycles. The maximum Gasteiger partial charge on any atom is 0.325 e. The zero-order valence-corrected chi connectivity index (χ0v) is 18.8. The van der Waals surface area contributed by atoms with Crippen LogP contribution in [0.25, 0.3) is 11.3 Å². The highest BCUT2D eigenvalue weighted by molar-refractivity contribution is 7.98. The monoisotopic (exact) mass is 437 g/mol. The van der Waals surface area contributed by atoms with E-state index in [1.807, 2.05) is 69.5 Å². The Balaban J connectivity index is 2.03. The lowest BCUT2D eigenvalue weighted by Gasteiger charge is -2.32. The number of benzene rings is 2. The maximum absolute atomic E-state index is 13.2. The molecule has 7 nitrogen and oxygen atoms in total. The van der Waals surface area contributed by atoms with Crippen molar-refractivity contribution in [2.75, 3.05) is 17.8 Å². The fraction of sp³-hybridized carbons (Fsp3) is 0.304. The van der Waals surface area contributed by atoms with Crippen molar-refractivity contribution < 1.29 is 14.2 Å². The number of para-hydroxylation sites is 1. The molecule has 0 spiro atoms. The summed E-state index contributed by atoms with van der Waals surface area (Å²) in [6.45, 7) is 6.33. The van der Waals surface area contributed by atoms with Crippen LogP contribution in [0.5, 0.6) is 5.75 Å². The number of ether oxygens (including phenoxy) is 1. The lowest BCUT2D eigenvalue weighted by Crippen LogP contribution is -2.60. The third kappa shape index (κ3) is 3.61. The number of aryl methyl sites for hydroxylation is 1. The predicted octanol–water partition coefficient (Wildman–Crippen LogP) is 3.46. The maximum atomic E-state index is 13.2. The van der Waals surface area contributed by atoms with E-state index in [9.17, 15) is 9.59 Å². The SMILES string of the molecule is CCOc1ccc([C@H]2N(C(=O)CC)c3ccccc3-c3c(=O)[nH]c(SC)n[n+]32)cc1C. The first kappa shape index (κ1) is 21.1. The van der Waals surface area contributed by atoms with E-state index in [-0.39, 0.29) is 11.5 Å². The quantitative estimate of drug-likeness (QED) is 0.489. The first-order chi connectivity index (χ1) is 15.0. The van der Waals surface area contributed by atoms with E-state index in [0.717, 1.165) is 16.9 Å². The minimum atomic E-state index is -0.583. The van der Waals surface area contributed by atoms with E-state index in [1.54, 1.807) is 9.58 Å². The van der Waals surface area contributed by atoms with E-state index in [0.29, 0.717) is 35.1 Å². The minimum absolute atomic E-state index is 0.0464. The number of carbonyl (C=O) groups is 1. The molecule has 3 aromatic rings. The van der Waals surface area contributed by atoms with E-state index in [4.69, 9.17) is 9.84 Å². The average molecular weight is 438 g/mol. The molecule has 1 aliphatic rings. The highest BCUT2D eigenvalue weighted by Gasteiger charge is 2.45. The van der Waals surface area contributed by atoms with Gasteiger partial charge in [-0.15, -0.1) is 0 Å². The van der Waals surface area contributed by atoms with Crippen LogP contribution in [0.2, 0.25) is 0 Å².